The summed E-state index contributed by atoms with van der Waals surface area (Å²) < 4.78 is 44.4. The van der Waals surface area contributed by atoms with Gasteiger partial charge in [-0.2, -0.15) is 4.31 Å². The molecule has 0 bridgehead atoms. The van der Waals surface area contributed by atoms with Gasteiger partial charge >= 0.3 is 0 Å². The molecule has 0 radical (unpaired) electrons. The van der Waals surface area contributed by atoms with Gasteiger partial charge < -0.3 is 10.1 Å². The molecule has 0 aliphatic carbocycles. The summed E-state index contributed by atoms with van der Waals surface area (Å²) in [5.74, 6) is -0.631. The molecule has 1 N–H and O–H groups in total. The Morgan fingerprint density at radius 2 is 2.11 bits per heavy atom. The molecular formula is C12H17FN2O3S. The van der Waals surface area contributed by atoms with Crippen LogP contribution in [0.3, 0.4) is 0 Å². The van der Waals surface area contributed by atoms with Crippen molar-refractivity contribution in [3.8, 4) is 5.75 Å². The summed E-state index contributed by atoms with van der Waals surface area (Å²) in [6.07, 6.45) is 0.761. The van der Waals surface area contributed by atoms with Gasteiger partial charge in [0.2, 0.25) is 10.0 Å². The number of sulfonamides is 1. The molecule has 0 aromatic heterocycles. The lowest BCUT2D eigenvalue weighted by Crippen LogP contribution is -2.34. The molecule has 7 heteroatoms. The van der Waals surface area contributed by atoms with Gasteiger partial charge in [-0.1, -0.05) is 0 Å². The molecule has 1 heterocycles. The van der Waals surface area contributed by atoms with E-state index in [2.05, 4.69) is 5.32 Å². The van der Waals surface area contributed by atoms with Gasteiger partial charge in [-0.3, -0.25) is 0 Å². The van der Waals surface area contributed by atoms with Crippen LogP contribution in [0.4, 0.5) is 4.39 Å². The van der Waals surface area contributed by atoms with Crippen LogP contribution >= 0.6 is 0 Å². The first-order valence-electron chi connectivity index (χ1n) is 6.10. The highest BCUT2D eigenvalue weighted by molar-refractivity contribution is 7.89. The Bertz CT molecular complexity index is 540. The number of nitrogens with one attached hydrogen (secondary N) is 1. The number of nitrogens with zero attached hydrogens (tertiary/aromatic N) is 1. The molecule has 1 fully saturated rings. The molecule has 106 valence electrons. The van der Waals surface area contributed by atoms with E-state index in [0.717, 1.165) is 19.0 Å². The van der Waals surface area contributed by atoms with Crippen molar-refractivity contribution in [2.75, 3.05) is 33.3 Å². The second-order valence-electron chi connectivity index (χ2n) is 4.30. The van der Waals surface area contributed by atoms with Gasteiger partial charge in [-0.15, -0.1) is 0 Å². The van der Waals surface area contributed by atoms with Crippen LogP contribution in [0.25, 0.3) is 0 Å². The lowest BCUT2D eigenvalue weighted by molar-refractivity contribution is 0.384. The zero-order valence-corrected chi connectivity index (χ0v) is 11.5. The van der Waals surface area contributed by atoms with E-state index >= 15 is 0 Å². The van der Waals surface area contributed by atoms with Crippen molar-refractivity contribution in [3.63, 3.8) is 0 Å². The van der Waals surface area contributed by atoms with Crippen LogP contribution in [0, 0.1) is 5.82 Å². The van der Waals surface area contributed by atoms with Crippen molar-refractivity contribution in [2.24, 2.45) is 0 Å². The van der Waals surface area contributed by atoms with Gasteiger partial charge in [-0.05, 0) is 25.1 Å². The third-order valence-electron chi connectivity index (χ3n) is 3.06. The van der Waals surface area contributed by atoms with Crippen molar-refractivity contribution in [3.05, 3.63) is 24.0 Å². The third kappa shape index (κ3) is 3.05. The van der Waals surface area contributed by atoms with Gasteiger partial charge in [0.25, 0.3) is 0 Å². The summed E-state index contributed by atoms with van der Waals surface area (Å²) in [5, 5.41) is 3.14. The molecule has 5 nitrogen and oxygen atoms in total. The summed E-state index contributed by atoms with van der Waals surface area (Å²) in [4.78, 5) is 0.0626. The average Bonchev–Trinajstić information content (AvgIpc) is 2.68. The van der Waals surface area contributed by atoms with Crippen LogP contribution < -0.4 is 10.1 Å². The van der Waals surface area contributed by atoms with Crippen LogP contribution in [0.2, 0.25) is 0 Å². The Morgan fingerprint density at radius 1 is 1.32 bits per heavy atom. The molecule has 0 unspecified atom stereocenters. The number of ether oxygens (including phenoxy) is 1. The Morgan fingerprint density at radius 3 is 2.84 bits per heavy atom. The molecule has 19 heavy (non-hydrogen) atoms. The lowest BCUT2D eigenvalue weighted by Gasteiger charge is -2.19. The molecule has 0 atom stereocenters. The highest BCUT2D eigenvalue weighted by Gasteiger charge is 2.25. The maximum atomic E-state index is 13.3. The number of halogens is 1. The van der Waals surface area contributed by atoms with E-state index in [4.69, 9.17) is 4.74 Å². The zero-order valence-electron chi connectivity index (χ0n) is 10.7. The number of benzene rings is 1. The zero-order chi connectivity index (χ0) is 13.9. The molecule has 2 rings (SSSR count). The van der Waals surface area contributed by atoms with Crippen molar-refractivity contribution in [1.29, 1.82) is 0 Å². The summed E-state index contributed by atoms with van der Waals surface area (Å²) in [5.41, 5.74) is 0. The van der Waals surface area contributed by atoms with Gasteiger partial charge in [-0.25, -0.2) is 12.8 Å². The first kappa shape index (κ1) is 14.2. The number of rotatable bonds is 3. The highest BCUT2D eigenvalue weighted by Crippen LogP contribution is 2.24. The SMILES string of the molecule is COc1cc(S(=O)(=O)N2CCCNCC2)ccc1F. The Balaban J connectivity index is 2.32. The number of hydrogen-bond acceptors (Lipinski definition) is 4. The maximum Gasteiger partial charge on any atom is 0.243 e. The summed E-state index contributed by atoms with van der Waals surface area (Å²) >= 11 is 0. The fourth-order valence-corrected chi connectivity index (χ4v) is 3.51. The normalized spacial score (nSPS) is 18.0. The molecule has 0 amide bonds. The van der Waals surface area contributed by atoms with Crippen molar-refractivity contribution in [1.82, 2.24) is 9.62 Å². The van der Waals surface area contributed by atoms with Crippen LogP contribution in [0.15, 0.2) is 23.1 Å². The van der Waals surface area contributed by atoms with Crippen LogP contribution in [-0.4, -0.2) is 46.0 Å². The molecule has 1 aromatic rings. The predicted molar refractivity (Wildman–Crippen MR) is 69.2 cm³/mol. The summed E-state index contributed by atoms with van der Waals surface area (Å²) in [7, 11) is -2.28. The molecule has 1 aliphatic rings. The van der Waals surface area contributed by atoms with Gasteiger partial charge in [0.05, 0.1) is 12.0 Å². The maximum absolute atomic E-state index is 13.3. The van der Waals surface area contributed by atoms with Crippen LogP contribution in [0.1, 0.15) is 6.42 Å². The van der Waals surface area contributed by atoms with E-state index in [0.29, 0.717) is 19.6 Å². The van der Waals surface area contributed by atoms with Crippen molar-refractivity contribution in [2.45, 2.75) is 11.3 Å². The quantitative estimate of drug-likeness (QED) is 0.894. The number of methoxy groups -OCH3 is 1. The van der Waals surface area contributed by atoms with E-state index in [-0.39, 0.29) is 10.6 Å². The van der Waals surface area contributed by atoms with E-state index in [1.807, 2.05) is 0 Å². The van der Waals surface area contributed by atoms with Crippen LogP contribution in [-0.2, 0) is 10.0 Å². The first-order valence-corrected chi connectivity index (χ1v) is 7.54. The van der Waals surface area contributed by atoms with Crippen molar-refractivity contribution >= 4 is 10.0 Å². The molecule has 1 saturated heterocycles. The standard InChI is InChI=1S/C12H17FN2O3S/c1-18-12-9-10(3-4-11(12)13)19(16,17)15-7-2-5-14-6-8-15/h3-4,9,14H,2,5-8H2,1H3. The van der Waals surface area contributed by atoms with Gasteiger partial charge in [0.1, 0.15) is 0 Å². The molecule has 1 aromatic carbocycles. The topological polar surface area (TPSA) is 58.6 Å². The third-order valence-corrected chi connectivity index (χ3v) is 4.95. The fourth-order valence-electron chi connectivity index (χ4n) is 2.01. The Kier molecular flexibility index (Phi) is 4.38. The summed E-state index contributed by atoms with van der Waals surface area (Å²) in [6.45, 7) is 2.31. The lowest BCUT2D eigenvalue weighted by atomic mass is 10.3. The Hall–Kier alpha value is -1.18. The second kappa shape index (κ2) is 5.85. The second-order valence-corrected chi connectivity index (χ2v) is 6.24. The minimum Gasteiger partial charge on any atom is -0.494 e. The van der Waals surface area contributed by atoms with E-state index in [1.54, 1.807) is 0 Å². The fraction of sp³-hybridized carbons (Fsp3) is 0.500. The minimum absolute atomic E-state index is 0.0611. The van der Waals surface area contributed by atoms with Crippen molar-refractivity contribution < 1.29 is 17.5 Å². The van der Waals surface area contributed by atoms with Crippen LogP contribution in [0.5, 0.6) is 5.75 Å². The average molecular weight is 288 g/mol. The highest BCUT2D eigenvalue weighted by atomic mass is 32.2. The molecular weight excluding hydrogens is 271 g/mol. The largest absolute Gasteiger partial charge is 0.494 e. The molecule has 0 saturated carbocycles. The number of hydrogen-bond donors (Lipinski definition) is 1. The smallest absolute Gasteiger partial charge is 0.243 e. The van der Waals surface area contributed by atoms with E-state index < -0.39 is 15.8 Å². The van der Waals surface area contributed by atoms with Gasteiger partial charge in [0.15, 0.2) is 11.6 Å². The Labute approximate surface area is 112 Å². The first-order chi connectivity index (χ1) is 9.05. The van der Waals surface area contributed by atoms with Gasteiger partial charge in [0, 0.05) is 25.7 Å². The van der Waals surface area contributed by atoms with E-state index in [1.165, 1.54) is 23.5 Å². The summed E-state index contributed by atoms with van der Waals surface area (Å²) in [6, 6.07) is 3.61. The molecule has 0 spiro atoms. The monoisotopic (exact) mass is 288 g/mol. The van der Waals surface area contributed by atoms with E-state index in [9.17, 15) is 12.8 Å². The predicted octanol–water partition coefficient (Wildman–Crippen LogP) is 0.818. The minimum atomic E-state index is -3.59. The molecule has 1 aliphatic heterocycles.